The summed E-state index contributed by atoms with van der Waals surface area (Å²) in [5.41, 5.74) is 3.26. The van der Waals surface area contributed by atoms with Gasteiger partial charge in [0.05, 0.1) is 11.0 Å². The molecule has 0 radical (unpaired) electrons. The van der Waals surface area contributed by atoms with Crippen LogP contribution in [0.3, 0.4) is 0 Å². The molecule has 0 saturated carbocycles. The van der Waals surface area contributed by atoms with Crippen LogP contribution in [0.1, 0.15) is 23.4 Å². The number of hydrogen-bond donors (Lipinski definition) is 0. The van der Waals surface area contributed by atoms with Crippen LogP contribution in [-0.2, 0) is 6.42 Å². The van der Waals surface area contributed by atoms with Gasteiger partial charge in [-0.05, 0) is 39.8 Å². The predicted octanol–water partition coefficient (Wildman–Crippen LogP) is 3.07. The van der Waals surface area contributed by atoms with E-state index in [2.05, 4.69) is 40.3 Å². The van der Waals surface area contributed by atoms with Crippen molar-refractivity contribution in [1.29, 1.82) is 10.5 Å². The Bertz CT molecular complexity index is 1640. The molecule has 0 bridgehead atoms. The van der Waals surface area contributed by atoms with Crippen LogP contribution in [-0.4, -0.2) is 19.9 Å². The van der Waals surface area contributed by atoms with Crippen LogP contribution in [0, 0.1) is 22.7 Å². The topological polar surface area (TPSA) is 99.1 Å². The Morgan fingerprint density at radius 3 is 2.29 bits per heavy atom. The zero-order valence-electron chi connectivity index (χ0n) is 14.6. The Hall–Kier alpha value is -4.16. The fourth-order valence-electron chi connectivity index (χ4n) is 4.26. The van der Waals surface area contributed by atoms with E-state index in [4.69, 9.17) is 9.97 Å². The van der Waals surface area contributed by atoms with Crippen molar-refractivity contribution in [2.45, 2.75) is 12.8 Å². The molecule has 0 unspecified atom stereocenters. The molecule has 1 aliphatic carbocycles. The van der Waals surface area contributed by atoms with E-state index in [1.165, 1.54) is 21.4 Å². The van der Waals surface area contributed by atoms with E-state index >= 15 is 0 Å². The molecule has 128 valence electrons. The second kappa shape index (κ2) is 5.18. The van der Waals surface area contributed by atoms with Crippen LogP contribution in [0.5, 0.6) is 0 Å². The van der Waals surface area contributed by atoms with Crippen LogP contribution in [0.4, 0.5) is 0 Å². The Kier molecular flexibility index (Phi) is 2.77. The molecule has 5 aromatic rings. The lowest BCUT2D eigenvalue weighted by molar-refractivity contribution is 1.04. The first-order valence-electron chi connectivity index (χ1n) is 8.94. The van der Waals surface area contributed by atoms with Gasteiger partial charge in [-0.2, -0.15) is 10.5 Å². The van der Waals surface area contributed by atoms with E-state index in [0.29, 0.717) is 5.65 Å². The minimum absolute atomic E-state index is 0.0229. The van der Waals surface area contributed by atoms with Crippen molar-refractivity contribution >= 4 is 49.9 Å². The van der Waals surface area contributed by atoms with E-state index in [-0.39, 0.29) is 17.0 Å². The van der Waals surface area contributed by atoms with Gasteiger partial charge < -0.3 is 0 Å². The molecule has 6 nitrogen and oxygen atoms in total. The first kappa shape index (κ1) is 15.0. The zero-order valence-corrected chi connectivity index (χ0v) is 14.6. The number of aryl methyl sites for hydroxylation is 1. The zero-order chi connectivity index (χ0) is 18.8. The molecule has 6 heteroatoms. The lowest BCUT2D eigenvalue weighted by Crippen LogP contribution is -2.12. The van der Waals surface area contributed by atoms with E-state index in [1.54, 1.807) is 0 Å². The van der Waals surface area contributed by atoms with Crippen molar-refractivity contribution in [3.05, 3.63) is 52.5 Å². The summed E-state index contributed by atoms with van der Waals surface area (Å²) in [6.07, 6.45) is 4.08. The second-order valence-electron chi connectivity index (χ2n) is 6.87. The smallest absolute Gasteiger partial charge is 0.199 e. The summed E-state index contributed by atoms with van der Waals surface area (Å²) in [5.74, 6) is 0. The van der Waals surface area contributed by atoms with Crippen LogP contribution in [0.2, 0.25) is 0 Å². The van der Waals surface area contributed by atoms with Gasteiger partial charge >= 0.3 is 0 Å². The maximum absolute atomic E-state index is 9.26. The highest BCUT2D eigenvalue weighted by molar-refractivity contribution is 6.22. The van der Waals surface area contributed by atoms with Crippen LogP contribution < -0.4 is 5.22 Å². The molecule has 6 rings (SSSR count). The first-order chi connectivity index (χ1) is 13.8. The molecule has 1 aliphatic rings. The van der Waals surface area contributed by atoms with E-state index in [9.17, 15) is 10.5 Å². The molecule has 0 aliphatic heterocycles. The summed E-state index contributed by atoms with van der Waals surface area (Å²) in [6.45, 7) is 0. The minimum atomic E-state index is -0.0270. The van der Waals surface area contributed by atoms with Gasteiger partial charge in [-0.15, -0.1) is 0 Å². The van der Waals surface area contributed by atoms with Crippen LogP contribution in [0.25, 0.3) is 49.9 Å². The number of rotatable bonds is 0. The SMILES string of the molecule is N#Cc1nc2nc3c4c5c(ccc6cccc(c3nc2nc1C#N)c65)=CCC4. The first-order valence-corrected chi connectivity index (χ1v) is 8.94. The highest BCUT2D eigenvalue weighted by Gasteiger charge is 2.20. The molecule has 2 heterocycles. The molecule has 0 N–H and O–H groups in total. The maximum atomic E-state index is 9.26. The lowest BCUT2D eigenvalue weighted by Gasteiger charge is -2.17. The largest absolute Gasteiger partial charge is 0.223 e. The molecule has 28 heavy (non-hydrogen) atoms. The number of hydrogen-bond acceptors (Lipinski definition) is 6. The van der Waals surface area contributed by atoms with Gasteiger partial charge in [0.25, 0.3) is 0 Å². The molecule has 2 aromatic heterocycles. The monoisotopic (exact) mass is 358 g/mol. The maximum Gasteiger partial charge on any atom is 0.199 e. The molecule has 0 saturated heterocycles. The van der Waals surface area contributed by atoms with Gasteiger partial charge in [0, 0.05) is 5.39 Å². The van der Waals surface area contributed by atoms with Gasteiger partial charge in [-0.3, -0.25) is 0 Å². The van der Waals surface area contributed by atoms with Crippen molar-refractivity contribution < 1.29 is 0 Å². The lowest BCUT2D eigenvalue weighted by atomic mass is 9.88. The summed E-state index contributed by atoms with van der Waals surface area (Å²) in [7, 11) is 0. The van der Waals surface area contributed by atoms with Crippen molar-refractivity contribution in [3.63, 3.8) is 0 Å². The number of nitrogens with zero attached hydrogens (tertiary/aromatic N) is 6. The molecule has 0 atom stereocenters. The average molecular weight is 358 g/mol. The molecular formula is C22H10N6. The van der Waals surface area contributed by atoms with Gasteiger partial charge in [0.15, 0.2) is 22.7 Å². The van der Waals surface area contributed by atoms with Crippen molar-refractivity contribution in [3.8, 4) is 12.1 Å². The third-order valence-corrected chi connectivity index (χ3v) is 5.41. The summed E-state index contributed by atoms with van der Waals surface area (Å²) >= 11 is 0. The van der Waals surface area contributed by atoms with Crippen LogP contribution >= 0.6 is 0 Å². The summed E-state index contributed by atoms with van der Waals surface area (Å²) in [5, 5.41) is 24.3. The molecule has 3 aromatic carbocycles. The number of nitriles is 2. The Balaban J connectivity index is 1.92. The normalized spacial score (nSPS) is 12.9. The molecule has 0 fully saturated rings. The second-order valence-corrected chi connectivity index (χ2v) is 6.87. The summed E-state index contributed by atoms with van der Waals surface area (Å²) < 4.78 is 0. The fourth-order valence-corrected chi connectivity index (χ4v) is 4.26. The average Bonchev–Trinajstić information content (AvgIpc) is 2.76. The quantitative estimate of drug-likeness (QED) is 0.312. The van der Waals surface area contributed by atoms with Gasteiger partial charge in [0.2, 0.25) is 0 Å². The molecule has 0 amide bonds. The summed E-state index contributed by atoms with van der Waals surface area (Å²) in [4.78, 5) is 18.0. The fraction of sp³-hybridized carbons (Fsp3) is 0.0909. The Morgan fingerprint density at radius 1 is 0.786 bits per heavy atom. The Morgan fingerprint density at radius 2 is 1.54 bits per heavy atom. The van der Waals surface area contributed by atoms with Crippen molar-refractivity contribution in [1.82, 2.24) is 19.9 Å². The van der Waals surface area contributed by atoms with E-state index in [1.807, 2.05) is 18.2 Å². The number of benzene rings is 3. The van der Waals surface area contributed by atoms with Crippen molar-refractivity contribution in [2.75, 3.05) is 0 Å². The van der Waals surface area contributed by atoms with Gasteiger partial charge in [-0.25, -0.2) is 19.9 Å². The number of aromatic nitrogens is 4. The minimum Gasteiger partial charge on any atom is -0.223 e. The highest BCUT2D eigenvalue weighted by Crippen LogP contribution is 2.36. The third kappa shape index (κ3) is 1.79. The van der Waals surface area contributed by atoms with E-state index < -0.39 is 0 Å². The Labute approximate surface area is 158 Å². The number of fused-ring (bicyclic) bond motifs is 4. The van der Waals surface area contributed by atoms with Crippen molar-refractivity contribution in [2.24, 2.45) is 0 Å². The third-order valence-electron chi connectivity index (χ3n) is 5.41. The van der Waals surface area contributed by atoms with Gasteiger partial charge in [0.1, 0.15) is 12.1 Å². The van der Waals surface area contributed by atoms with Crippen LogP contribution in [0.15, 0.2) is 30.3 Å². The molecular weight excluding hydrogens is 348 g/mol. The standard InChI is InChI=1S/C22H10N6/c23-9-15-16(10-24)26-22-21(25-15)27-19-13-5-1-3-11-7-8-12-4-2-6-14(20(19)28-22)18(12)17(11)13/h1,3-5,7-8H,2,6H2. The molecule has 0 spiro atoms. The van der Waals surface area contributed by atoms with Gasteiger partial charge in [-0.1, -0.05) is 36.4 Å². The summed E-state index contributed by atoms with van der Waals surface area (Å²) in [6, 6.07) is 14.3. The van der Waals surface area contributed by atoms with E-state index in [0.717, 1.165) is 34.8 Å². The predicted molar refractivity (Wildman–Crippen MR) is 105 cm³/mol. The highest BCUT2D eigenvalue weighted by atomic mass is 15.0.